The number of thiophene rings is 1. The third-order valence-electron chi connectivity index (χ3n) is 2.55. The second-order valence-corrected chi connectivity index (χ2v) is 5.81. The van der Waals surface area contributed by atoms with Gasteiger partial charge in [0.15, 0.2) is 0 Å². The summed E-state index contributed by atoms with van der Waals surface area (Å²) in [6, 6.07) is 3.87. The normalized spacial score (nSPS) is 14.5. The molecule has 16 heavy (non-hydrogen) atoms. The minimum absolute atomic E-state index is 0.0457. The Hall–Kier alpha value is -0.540. The number of nitrogens with one attached hydrogen (secondary N) is 1. The minimum atomic E-state index is 0.0457. The molecule has 0 saturated carbocycles. The van der Waals surface area contributed by atoms with E-state index in [1.54, 1.807) is 0 Å². The fraction of sp³-hybridized carbons (Fsp3) is 0.583. The largest absolute Gasteiger partial charge is 0.349 e. The van der Waals surface area contributed by atoms with E-state index in [0.717, 1.165) is 22.1 Å². The average molecular weight is 260 g/mol. The molecule has 0 fully saturated rings. The molecule has 0 radical (unpaired) electrons. The lowest BCUT2D eigenvalue weighted by Gasteiger charge is -2.16. The highest BCUT2D eigenvalue weighted by molar-refractivity contribution is 7.16. The van der Waals surface area contributed by atoms with Gasteiger partial charge in [0.25, 0.3) is 0 Å². The zero-order valence-corrected chi connectivity index (χ0v) is 11.5. The van der Waals surface area contributed by atoms with Crippen LogP contribution in [0.25, 0.3) is 0 Å². The zero-order chi connectivity index (χ0) is 12.1. The van der Waals surface area contributed by atoms with Gasteiger partial charge < -0.3 is 5.32 Å². The Bertz CT molecular complexity index is 351. The first-order valence-corrected chi connectivity index (χ1v) is 6.79. The number of hydrogen-bond acceptors (Lipinski definition) is 2. The van der Waals surface area contributed by atoms with Crippen molar-refractivity contribution in [2.24, 2.45) is 5.92 Å². The summed E-state index contributed by atoms with van der Waals surface area (Å²) in [5.74, 6) is 0.210. The maximum atomic E-state index is 11.8. The molecular formula is C12H18ClNOS. The molecule has 1 aromatic rings. The smallest absolute Gasteiger partial charge is 0.223 e. The highest BCUT2D eigenvalue weighted by Gasteiger charge is 2.16. The van der Waals surface area contributed by atoms with Gasteiger partial charge in [0.2, 0.25) is 5.91 Å². The van der Waals surface area contributed by atoms with Gasteiger partial charge in [-0.3, -0.25) is 4.79 Å². The van der Waals surface area contributed by atoms with Crippen molar-refractivity contribution >= 4 is 28.8 Å². The van der Waals surface area contributed by atoms with Crippen LogP contribution in [-0.4, -0.2) is 5.91 Å². The molecule has 1 N–H and O–H groups in total. The van der Waals surface area contributed by atoms with Gasteiger partial charge in [0, 0.05) is 10.8 Å². The van der Waals surface area contributed by atoms with E-state index in [1.165, 1.54) is 11.3 Å². The molecule has 0 spiro atoms. The van der Waals surface area contributed by atoms with E-state index in [9.17, 15) is 4.79 Å². The van der Waals surface area contributed by atoms with Crippen LogP contribution >= 0.6 is 22.9 Å². The lowest BCUT2D eigenvalue weighted by atomic mass is 10.1. The summed E-state index contributed by atoms with van der Waals surface area (Å²) >= 11 is 7.37. The lowest BCUT2D eigenvalue weighted by Crippen LogP contribution is -2.31. The molecule has 0 aliphatic heterocycles. The Labute approximate surface area is 106 Å². The third kappa shape index (κ3) is 3.80. The van der Waals surface area contributed by atoms with Crippen molar-refractivity contribution in [3.8, 4) is 0 Å². The maximum Gasteiger partial charge on any atom is 0.223 e. The van der Waals surface area contributed by atoms with Crippen LogP contribution in [-0.2, 0) is 4.79 Å². The molecule has 2 unspecified atom stereocenters. The SMILES string of the molecule is CCCC(C)C(=O)NC(C)c1ccc(Cl)s1. The van der Waals surface area contributed by atoms with Crippen molar-refractivity contribution in [2.75, 3.05) is 0 Å². The van der Waals surface area contributed by atoms with Crippen molar-refractivity contribution in [1.82, 2.24) is 5.32 Å². The zero-order valence-electron chi connectivity index (χ0n) is 9.92. The first-order valence-electron chi connectivity index (χ1n) is 5.60. The Morgan fingerprint density at radius 2 is 2.19 bits per heavy atom. The van der Waals surface area contributed by atoms with Crippen LogP contribution < -0.4 is 5.32 Å². The van der Waals surface area contributed by atoms with E-state index in [2.05, 4.69) is 12.2 Å². The molecule has 0 bridgehead atoms. The third-order valence-corrected chi connectivity index (χ3v) is 3.96. The summed E-state index contributed by atoms with van der Waals surface area (Å²) in [6.45, 7) is 6.04. The van der Waals surface area contributed by atoms with E-state index < -0.39 is 0 Å². The molecular weight excluding hydrogens is 242 g/mol. The first-order chi connectivity index (χ1) is 7.54. The minimum Gasteiger partial charge on any atom is -0.349 e. The van der Waals surface area contributed by atoms with Crippen LogP contribution in [0, 0.1) is 5.92 Å². The van der Waals surface area contributed by atoms with E-state index in [-0.39, 0.29) is 17.9 Å². The number of carbonyl (C=O) groups is 1. The van der Waals surface area contributed by atoms with E-state index in [1.807, 2.05) is 26.0 Å². The van der Waals surface area contributed by atoms with Gasteiger partial charge in [0.1, 0.15) is 0 Å². The number of rotatable bonds is 5. The van der Waals surface area contributed by atoms with E-state index >= 15 is 0 Å². The van der Waals surface area contributed by atoms with Gasteiger partial charge in [-0.25, -0.2) is 0 Å². The molecule has 2 nitrogen and oxygen atoms in total. The predicted octanol–water partition coefficient (Wildman–Crippen LogP) is 4.01. The quantitative estimate of drug-likeness (QED) is 0.850. The van der Waals surface area contributed by atoms with E-state index in [0.29, 0.717) is 0 Å². The highest BCUT2D eigenvalue weighted by atomic mass is 35.5. The topological polar surface area (TPSA) is 29.1 Å². The molecule has 1 rings (SSSR count). The fourth-order valence-electron chi connectivity index (χ4n) is 1.55. The molecule has 4 heteroatoms. The van der Waals surface area contributed by atoms with Crippen molar-refractivity contribution in [1.29, 1.82) is 0 Å². The van der Waals surface area contributed by atoms with Gasteiger partial charge in [-0.15, -0.1) is 11.3 Å². The lowest BCUT2D eigenvalue weighted by molar-refractivity contribution is -0.125. The van der Waals surface area contributed by atoms with Gasteiger partial charge in [-0.2, -0.15) is 0 Å². The number of halogens is 1. The van der Waals surface area contributed by atoms with Crippen molar-refractivity contribution < 1.29 is 4.79 Å². The molecule has 2 atom stereocenters. The maximum absolute atomic E-state index is 11.8. The summed E-state index contributed by atoms with van der Waals surface area (Å²) in [6.07, 6.45) is 1.97. The monoisotopic (exact) mass is 259 g/mol. The van der Waals surface area contributed by atoms with Crippen LogP contribution in [0.2, 0.25) is 4.34 Å². The molecule has 0 aliphatic carbocycles. The average Bonchev–Trinajstić information content (AvgIpc) is 2.65. The molecule has 90 valence electrons. The molecule has 0 saturated heterocycles. The molecule has 0 aliphatic rings. The number of amides is 1. The van der Waals surface area contributed by atoms with Crippen LogP contribution in [0.4, 0.5) is 0 Å². The summed E-state index contributed by atoms with van der Waals surface area (Å²) in [4.78, 5) is 12.9. The Kier molecular flexibility index (Phi) is 5.29. The summed E-state index contributed by atoms with van der Waals surface area (Å²) in [7, 11) is 0. The Morgan fingerprint density at radius 3 is 2.69 bits per heavy atom. The number of carbonyl (C=O) groups excluding carboxylic acids is 1. The fourth-order valence-corrected chi connectivity index (χ4v) is 2.62. The van der Waals surface area contributed by atoms with E-state index in [4.69, 9.17) is 11.6 Å². The van der Waals surface area contributed by atoms with Gasteiger partial charge in [-0.05, 0) is 25.5 Å². The van der Waals surface area contributed by atoms with Gasteiger partial charge in [-0.1, -0.05) is 31.9 Å². The summed E-state index contributed by atoms with van der Waals surface area (Å²) in [5, 5.41) is 3.01. The number of hydrogen-bond donors (Lipinski definition) is 1. The van der Waals surface area contributed by atoms with Crippen molar-refractivity contribution in [3.05, 3.63) is 21.3 Å². The van der Waals surface area contributed by atoms with Crippen molar-refractivity contribution in [3.63, 3.8) is 0 Å². The van der Waals surface area contributed by atoms with Crippen LogP contribution in [0.15, 0.2) is 12.1 Å². The second kappa shape index (κ2) is 6.26. The standard InChI is InChI=1S/C12H18ClNOS/c1-4-5-8(2)12(15)14-9(3)10-6-7-11(13)16-10/h6-9H,4-5H2,1-3H3,(H,14,15). The van der Waals surface area contributed by atoms with Crippen LogP contribution in [0.5, 0.6) is 0 Å². The molecule has 1 aromatic heterocycles. The Balaban J connectivity index is 2.51. The molecule has 1 amide bonds. The highest BCUT2D eigenvalue weighted by Crippen LogP contribution is 2.26. The first kappa shape index (κ1) is 13.5. The molecule has 1 heterocycles. The second-order valence-electron chi connectivity index (χ2n) is 4.06. The summed E-state index contributed by atoms with van der Waals surface area (Å²) < 4.78 is 0.762. The summed E-state index contributed by atoms with van der Waals surface area (Å²) in [5.41, 5.74) is 0. The molecule has 0 aromatic carbocycles. The van der Waals surface area contributed by atoms with Gasteiger partial charge in [0.05, 0.1) is 10.4 Å². The van der Waals surface area contributed by atoms with Crippen LogP contribution in [0.3, 0.4) is 0 Å². The predicted molar refractivity (Wildman–Crippen MR) is 70.0 cm³/mol. The van der Waals surface area contributed by atoms with Crippen LogP contribution in [0.1, 0.15) is 44.5 Å². The van der Waals surface area contributed by atoms with Gasteiger partial charge >= 0.3 is 0 Å². The Morgan fingerprint density at radius 1 is 1.50 bits per heavy atom. The van der Waals surface area contributed by atoms with Crippen molar-refractivity contribution in [2.45, 2.75) is 39.7 Å².